The maximum atomic E-state index is 13.2. The van der Waals surface area contributed by atoms with Gasteiger partial charge in [0.15, 0.2) is 5.82 Å². The number of nitrogens with one attached hydrogen (secondary N) is 3. The first kappa shape index (κ1) is 24.3. The molecule has 0 aromatic carbocycles. The van der Waals surface area contributed by atoms with Crippen LogP contribution in [0, 0.1) is 10.1 Å². The zero-order valence-electron chi connectivity index (χ0n) is 18.6. The van der Waals surface area contributed by atoms with Crippen LogP contribution in [0.2, 0.25) is 0 Å². The molecule has 0 amide bonds. The number of hydrogen-bond acceptors (Lipinski definition) is 7. The van der Waals surface area contributed by atoms with Gasteiger partial charge in [-0.3, -0.25) is 19.8 Å². The maximum absolute atomic E-state index is 13.2. The first-order valence-corrected chi connectivity index (χ1v) is 13.3. The first-order valence-electron chi connectivity index (χ1n) is 11.8. The van der Waals surface area contributed by atoms with Gasteiger partial charge in [-0.1, -0.05) is 57.8 Å². The van der Waals surface area contributed by atoms with Gasteiger partial charge in [0.25, 0.3) is 16.2 Å². The topological polar surface area (TPSA) is 126 Å². The van der Waals surface area contributed by atoms with E-state index in [0.717, 1.165) is 64.2 Å². The smallest absolute Gasteiger partial charge is 0.275 e. The van der Waals surface area contributed by atoms with Crippen molar-refractivity contribution in [2.75, 3.05) is 5.32 Å². The van der Waals surface area contributed by atoms with E-state index >= 15 is 0 Å². The van der Waals surface area contributed by atoms with Gasteiger partial charge < -0.3 is 10.6 Å². The normalized spacial score (nSPS) is 19.9. The second-order valence-corrected chi connectivity index (χ2v) is 10.5. The van der Waals surface area contributed by atoms with Crippen molar-refractivity contribution in [3.8, 4) is 0 Å². The van der Waals surface area contributed by atoms with Gasteiger partial charge in [0.1, 0.15) is 4.90 Å². The van der Waals surface area contributed by atoms with Crippen molar-refractivity contribution in [2.24, 2.45) is 0 Å². The average molecular weight is 466 g/mol. The molecule has 0 bridgehead atoms. The second-order valence-electron chi connectivity index (χ2n) is 8.82. The third-order valence-electron chi connectivity index (χ3n) is 6.23. The van der Waals surface area contributed by atoms with Crippen LogP contribution in [0.15, 0.2) is 35.4 Å². The third-order valence-corrected chi connectivity index (χ3v) is 7.63. The largest absolute Gasteiger partial charge is 0.381 e. The highest BCUT2D eigenvalue weighted by atomic mass is 32.2. The molecule has 0 saturated heterocycles. The Hall–Kier alpha value is -2.36. The van der Waals surface area contributed by atoms with Crippen LogP contribution in [-0.4, -0.2) is 30.4 Å². The monoisotopic (exact) mass is 465 g/mol. The molecular formula is C22H35N5O4S. The summed E-state index contributed by atoms with van der Waals surface area (Å²) in [6.07, 6.45) is 17.4. The van der Waals surface area contributed by atoms with Gasteiger partial charge in [0.2, 0.25) is 0 Å². The second kappa shape index (κ2) is 12.0. The lowest BCUT2D eigenvalue weighted by Crippen LogP contribution is -2.38. The molecule has 1 aromatic rings. The van der Waals surface area contributed by atoms with Gasteiger partial charge in [0.05, 0.1) is 10.6 Å². The van der Waals surface area contributed by atoms with Crippen molar-refractivity contribution in [2.45, 2.75) is 100 Å². The van der Waals surface area contributed by atoms with Crippen molar-refractivity contribution in [3.63, 3.8) is 0 Å². The predicted octanol–water partition coefficient (Wildman–Crippen LogP) is 4.27. The van der Waals surface area contributed by atoms with E-state index in [1.165, 1.54) is 25.5 Å². The number of nitrogens with zero attached hydrogens (tertiary/aromatic N) is 2. The summed E-state index contributed by atoms with van der Waals surface area (Å²) in [4.78, 5) is 14.5. The van der Waals surface area contributed by atoms with E-state index in [4.69, 9.17) is 0 Å². The van der Waals surface area contributed by atoms with E-state index in [2.05, 4.69) is 20.3 Å². The zero-order chi connectivity index (χ0) is 22.8. The summed E-state index contributed by atoms with van der Waals surface area (Å²) >= 11 is 0. The number of hydrogen-bond donors (Lipinski definition) is 3. The van der Waals surface area contributed by atoms with E-state index in [9.17, 15) is 18.5 Å². The Bertz CT molecular complexity index is 874. The molecule has 178 valence electrons. The van der Waals surface area contributed by atoms with E-state index < -0.39 is 14.9 Å². The summed E-state index contributed by atoms with van der Waals surface area (Å²) in [5.74, 6) is -0.109. The Morgan fingerprint density at radius 2 is 1.53 bits per heavy atom. The summed E-state index contributed by atoms with van der Waals surface area (Å²) < 4.78 is 28.9. The van der Waals surface area contributed by atoms with Crippen LogP contribution < -0.4 is 15.4 Å². The minimum atomic E-state index is -4.07. The van der Waals surface area contributed by atoms with Gasteiger partial charge >= 0.3 is 0 Å². The van der Waals surface area contributed by atoms with Crippen LogP contribution in [0.3, 0.4) is 0 Å². The molecule has 2 saturated carbocycles. The molecule has 2 aliphatic rings. The molecule has 3 N–H and O–H groups in total. The minimum absolute atomic E-state index is 0.000950. The summed E-state index contributed by atoms with van der Waals surface area (Å²) in [7, 11) is -4.07. The number of nitro groups is 1. The van der Waals surface area contributed by atoms with Crippen LogP contribution in [-0.2, 0) is 10.0 Å². The molecule has 0 aliphatic heterocycles. The van der Waals surface area contributed by atoms with Crippen molar-refractivity contribution in [1.29, 1.82) is 0 Å². The van der Waals surface area contributed by atoms with Crippen LogP contribution in [0.1, 0.15) is 83.5 Å². The Morgan fingerprint density at radius 1 is 0.969 bits per heavy atom. The van der Waals surface area contributed by atoms with Gasteiger partial charge in [-0.2, -0.15) is 0 Å². The summed E-state index contributed by atoms with van der Waals surface area (Å²) in [6.45, 7) is 0. The lowest BCUT2D eigenvalue weighted by molar-refractivity contribution is -0.404. The maximum Gasteiger partial charge on any atom is 0.275 e. The lowest BCUT2D eigenvalue weighted by atomic mass is 9.96. The van der Waals surface area contributed by atoms with E-state index in [1.807, 2.05) is 0 Å². The van der Waals surface area contributed by atoms with Crippen LogP contribution >= 0.6 is 0 Å². The third kappa shape index (κ3) is 7.65. The van der Waals surface area contributed by atoms with Crippen molar-refractivity contribution in [1.82, 2.24) is 15.0 Å². The number of pyridine rings is 1. The number of aromatic nitrogens is 1. The highest BCUT2D eigenvalue weighted by molar-refractivity contribution is 7.89. The van der Waals surface area contributed by atoms with Crippen molar-refractivity contribution in [3.05, 3.63) is 40.6 Å². The fourth-order valence-electron chi connectivity index (χ4n) is 4.58. The Kier molecular flexibility index (Phi) is 9.13. The molecule has 0 radical (unpaired) electrons. The lowest BCUT2D eigenvalue weighted by Gasteiger charge is -2.24. The molecule has 32 heavy (non-hydrogen) atoms. The predicted molar refractivity (Wildman–Crippen MR) is 124 cm³/mol. The fraction of sp³-hybridized carbons (Fsp3) is 0.682. The van der Waals surface area contributed by atoms with Crippen molar-refractivity contribution < 1.29 is 13.3 Å². The molecule has 0 atom stereocenters. The van der Waals surface area contributed by atoms with Crippen LogP contribution in [0.4, 0.5) is 5.69 Å². The molecule has 9 nitrogen and oxygen atoms in total. The van der Waals surface area contributed by atoms with Crippen LogP contribution in [0.5, 0.6) is 0 Å². The first-order chi connectivity index (χ1) is 15.4. The number of sulfonamides is 1. The Labute approximate surface area is 190 Å². The summed E-state index contributed by atoms with van der Waals surface area (Å²) in [5, 5.41) is 17.6. The average Bonchev–Trinajstić information content (AvgIpc) is 2.98. The van der Waals surface area contributed by atoms with E-state index in [-0.39, 0.29) is 22.8 Å². The highest BCUT2D eigenvalue weighted by Crippen LogP contribution is 2.25. The van der Waals surface area contributed by atoms with E-state index in [0.29, 0.717) is 11.9 Å². The van der Waals surface area contributed by atoms with Crippen LogP contribution in [0.25, 0.3) is 0 Å². The zero-order valence-corrected chi connectivity index (χ0v) is 19.4. The SMILES string of the molecule is O=[N+]([O-])/C=C(\NC1CCCCCC1)NS(=O)(=O)c1cnccc1NC1CCCCCCC1. The molecule has 3 rings (SSSR count). The quantitative estimate of drug-likeness (QED) is 0.297. The minimum Gasteiger partial charge on any atom is -0.381 e. The molecule has 10 heteroatoms. The fourth-order valence-corrected chi connectivity index (χ4v) is 5.70. The Morgan fingerprint density at radius 3 is 2.12 bits per heavy atom. The van der Waals surface area contributed by atoms with Gasteiger partial charge in [-0.05, 0) is 31.7 Å². The molecule has 2 aliphatic carbocycles. The molecule has 1 aromatic heterocycles. The van der Waals surface area contributed by atoms with Gasteiger partial charge in [0, 0.05) is 24.5 Å². The summed E-state index contributed by atoms with van der Waals surface area (Å²) in [6, 6.07) is 1.86. The molecule has 2 fully saturated rings. The molecule has 0 spiro atoms. The van der Waals surface area contributed by atoms with E-state index in [1.54, 1.807) is 12.3 Å². The molecule has 1 heterocycles. The van der Waals surface area contributed by atoms with Gasteiger partial charge in [-0.15, -0.1) is 0 Å². The number of anilines is 1. The van der Waals surface area contributed by atoms with Crippen molar-refractivity contribution >= 4 is 15.7 Å². The number of rotatable bonds is 8. The Balaban J connectivity index is 1.76. The molecule has 0 unspecified atom stereocenters. The standard InChI is InChI=1S/C22H35N5O4S/c28-27(29)17-22(25-19-12-8-4-5-9-13-19)26-32(30,31)21-16-23-15-14-20(21)24-18-10-6-2-1-3-7-11-18/h14-19,25-26H,1-13H2,(H,23,24)/b22-17+. The van der Waals surface area contributed by atoms with Gasteiger partial charge in [-0.25, -0.2) is 8.42 Å². The molecular weight excluding hydrogens is 430 g/mol. The summed E-state index contributed by atoms with van der Waals surface area (Å²) in [5.41, 5.74) is 0.480. The highest BCUT2D eigenvalue weighted by Gasteiger charge is 2.24.